The lowest BCUT2D eigenvalue weighted by Gasteiger charge is -2.19. The van der Waals surface area contributed by atoms with Crippen molar-refractivity contribution in [3.05, 3.63) is 0 Å². The topological polar surface area (TPSA) is 3.24 Å². The van der Waals surface area contributed by atoms with Gasteiger partial charge in [0.15, 0.2) is 0 Å². The summed E-state index contributed by atoms with van der Waals surface area (Å²) >= 11 is 4.28. The first kappa shape index (κ1) is 7.32. The molecule has 2 fully saturated rings. The van der Waals surface area contributed by atoms with Gasteiger partial charge in [0, 0.05) is 18.1 Å². The minimum absolute atomic E-state index is 0.847. The van der Waals surface area contributed by atoms with Crippen LogP contribution in [0.5, 0.6) is 0 Å². The zero-order valence-electron chi connectivity index (χ0n) is 6.25. The van der Waals surface area contributed by atoms with Crippen molar-refractivity contribution in [2.45, 2.75) is 24.1 Å². The Labute approximate surface area is 70.9 Å². The Kier molecular flexibility index (Phi) is 2.16. The van der Waals surface area contributed by atoms with Crippen LogP contribution in [-0.2, 0) is 0 Å². The summed E-state index contributed by atoms with van der Waals surface area (Å²) in [5, 5.41) is 1.72. The SMILES string of the molecule is CCC1SCC2SCCN12. The molecule has 0 radical (unpaired) electrons. The number of thioether (sulfide) groups is 2. The predicted octanol–water partition coefficient (Wildman–Crippen LogP) is 1.84. The first-order valence-corrected chi connectivity index (χ1v) is 6.00. The van der Waals surface area contributed by atoms with Crippen LogP contribution in [0, 0.1) is 0 Å². The third-order valence-electron chi connectivity index (χ3n) is 2.18. The van der Waals surface area contributed by atoms with Crippen molar-refractivity contribution in [3.63, 3.8) is 0 Å². The van der Waals surface area contributed by atoms with Gasteiger partial charge in [-0.25, -0.2) is 0 Å². The number of rotatable bonds is 1. The molecule has 2 aliphatic rings. The summed E-state index contributed by atoms with van der Waals surface area (Å²) in [4.78, 5) is 2.66. The van der Waals surface area contributed by atoms with E-state index in [4.69, 9.17) is 0 Å². The highest BCUT2D eigenvalue weighted by molar-refractivity contribution is 8.04. The van der Waals surface area contributed by atoms with Crippen LogP contribution in [-0.4, -0.2) is 33.7 Å². The summed E-state index contributed by atoms with van der Waals surface area (Å²) in [6, 6.07) is 0. The zero-order chi connectivity index (χ0) is 6.97. The summed E-state index contributed by atoms with van der Waals surface area (Å²) in [6.45, 7) is 3.63. The average molecular weight is 175 g/mol. The molecule has 3 heteroatoms. The Bertz CT molecular complexity index is 129. The van der Waals surface area contributed by atoms with E-state index in [9.17, 15) is 0 Å². The fourth-order valence-corrected chi connectivity index (χ4v) is 4.64. The average Bonchev–Trinajstić information content (AvgIpc) is 2.44. The molecule has 0 aromatic heterocycles. The Morgan fingerprint density at radius 3 is 3.20 bits per heavy atom. The van der Waals surface area contributed by atoms with Crippen LogP contribution < -0.4 is 0 Å². The lowest BCUT2D eigenvalue weighted by atomic mass is 10.4. The van der Waals surface area contributed by atoms with Crippen molar-refractivity contribution in [1.29, 1.82) is 0 Å². The lowest BCUT2D eigenvalue weighted by molar-refractivity contribution is 0.295. The number of nitrogens with zero attached hydrogens (tertiary/aromatic N) is 1. The van der Waals surface area contributed by atoms with E-state index in [-0.39, 0.29) is 0 Å². The highest BCUT2D eigenvalue weighted by Crippen LogP contribution is 2.39. The maximum atomic E-state index is 2.66. The smallest absolute Gasteiger partial charge is 0.0659 e. The van der Waals surface area contributed by atoms with Gasteiger partial charge in [-0.15, -0.1) is 23.5 Å². The van der Waals surface area contributed by atoms with E-state index in [1.54, 1.807) is 0 Å². The van der Waals surface area contributed by atoms with Crippen molar-refractivity contribution in [3.8, 4) is 0 Å². The van der Waals surface area contributed by atoms with E-state index in [0.717, 1.165) is 10.7 Å². The lowest BCUT2D eigenvalue weighted by Crippen LogP contribution is -2.29. The van der Waals surface area contributed by atoms with Crippen LogP contribution in [0.2, 0.25) is 0 Å². The van der Waals surface area contributed by atoms with Crippen molar-refractivity contribution < 1.29 is 0 Å². The second kappa shape index (κ2) is 2.95. The second-order valence-corrected chi connectivity index (χ2v) is 5.26. The van der Waals surface area contributed by atoms with Gasteiger partial charge in [0.1, 0.15) is 0 Å². The molecular formula is C7H13NS2. The fourth-order valence-electron chi connectivity index (χ4n) is 1.65. The molecular weight excluding hydrogens is 162 g/mol. The maximum Gasteiger partial charge on any atom is 0.0659 e. The molecule has 2 heterocycles. The molecule has 0 amide bonds. The molecule has 10 heavy (non-hydrogen) atoms. The minimum atomic E-state index is 0.847. The van der Waals surface area contributed by atoms with Gasteiger partial charge in [-0.05, 0) is 6.42 Å². The molecule has 58 valence electrons. The molecule has 0 aliphatic carbocycles. The van der Waals surface area contributed by atoms with E-state index < -0.39 is 0 Å². The van der Waals surface area contributed by atoms with Crippen LogP contribution in [0.25, 0.3) is 0 Å². The normalized spacial score (nSPS) is 40.5. The first-order chi connectivity index (χ1) is 4.92. The molecule has 0 saturated carbocycles. The monoisotopic (exact) mass is 175 g/mol. The van der Waals surface area contributed by atoms with Gasteiger partial charge in [0.05, 0.1) is 10.7 Å². The van der Waals surface area contributed by atoms with Crippen molar-refractivity contribution in [2.24, 2.45) is 0 Å². The number of hydrogen-bond acceptors (Lipinski definition) is 3. The number of hydrogen-bond donors (Lipinski definition) is 0. The van der Waals surface area contributed by atoms with E-state index in [0.29, 0.717) is 0 Å². The molecule has 0 N–H and O–H groups in total. The third-order valence-corrected chi connectivity index (χ3v) is 5.13. The standard InChI is InChI=1S/C7H13NS2/c1-2-6-8-3-4-9-7(8)5-10-6/h6-7H,2-5H2,1H3. The first-order valence-electron chi connectivity index (χ1n) is 3.90. The van der Waals surface area contributed by atoms with Gasteiger partial charge in [0.2, 0.25) is 0 Å². The maximum absolute atomic E-state index is 2.66. The van der Waals surface area contributed by atoms with Gasteiger partial charge in [-0.3, -0.25) is 4.90 Å². The van der Waals surface area contributed by atoms with Crippen molar-refractivity contribution in [1.82, 2.24) is 4.90 Å². The second-order valence-electron chi connectivity index (χ2n) is 2.76. The molecule has 2 rings (SSSR count). The Hall–Kier alpha value is 0.660. The molecule has 2 atom stereocenters. The molecule has 0 spiro atoms. The Morgan fingerprint density at radius 2 is 2.40 bits per heavy atom. The van der Waals surface area contributed by atoms with Crippen LogP contribution in [0.4, 0.5) is 0 Å². The van der Waals surface area contributed by atoms with Gasteiger partial charge in [-0.1, -0.05) is 6.92 Å². The van der Waals surface area contributed by atoms with Crippen LogP contribution in [0.3, 0.4) is 0 Å². The minimum Gasteiger partial charge on any atom is -0.278 e. The van der Waals surface area contributed by atoms with E-state index >= 15 is 0 Å². The highest BCUT2D eigenvalue weighted by Gasteiger charge is 2.36. The van der Waals surface area contributed by atoms with Gasteiger partial charge < -0.3 is 0 Å². The predicted molar refractivity (Wildman–Crippen MR) is 49.5 cm³/mol. The largest absolute Gasteiger partial charge is 0.278 e. The zero-order valence-corrected chi connectivity index (χ0v) is 7.88. The van der Waals surface area contributed by atoms with Gasteiger partial charge in [0.25, 0.3) is 0 Å². The van der Waals surface area contributed by atoms with Gasteiger partial charge in [-0.2, -0.15) is 0 Å². The molecule has 0 aromatic rings. The molecule has 0 bridgehead atoms. The highest BCUT2D eigenvalue weighted by atomic mass is 32.2. The summed E-state index contributed by atoms with van der Waals surface area (Å²) in [7, 11) is 0. The van der Waals surface area contributed by atoms with E-state index in [1.165, 1.54) is 24.5 Å². The molecule has 2 unspecified atom stereocenters. The van der Waals surface area contributed by atoms with Crippen LogP contribution >= 0.6 is 23.5 Å². The third kappa shape index (κ3) is 1.08. The van der Waals surface area contributed by atoms with Crippen molar-refractivity contribution >= 4 is 23.5 Å². The van der Waals surface area contributed by atoms with E-state index in [2.05, 4.69) is 35.3 Å². The molecule has 2 aliphatic heterocycles. The number of fused-ring (bicyclic) bond motifs is 1. The van der Waals surface area contributed by atoms with Crippen LogP contribution in [0.15, 0.2) is 0 Å². The quantitative estimate of drug-likeness (QED) is 0.599. The summed E-state index contributed by atoms with van der Waals surface area (Å²) in [6.07, 6.45) is 1.32. The Morgan fingerprint density at radius 1 is 1.50 bits per heavy atom. The molecule has 2 saturated heterocycles. The Balaban J connectivity index is 2.01. The summed E-state index contributed by atoms with van der Waals surface area (Å²) < 4.78 is 0. The van der Waals surface area contributed by atoms with E-state index in [1.807, 2.05) is 0 Å². The summed E-state index contributed by atoms with van der Waals surface area (Å²) in [5.74, 6) is 2.73. The van der Waals surface area contributed by atoms with Gasteiger partial charge >= 0.3 is 0 Å². The molecule has 0 aromatic carbocycles. The van der Waals surface area contributed by atoms with Crippen molar-refractivity contribution in [2.75, 3.05) is 18.1 Å². The fraction of sp³-hybridized carbons (Fsp3) is 1.00. The summed E-state index contributed by atoms with van der Waals surface area (Å²) in [5.41, 5.74) is 0. The van der Waals surface area contributed by atoms with Crippen LogP contribution in [0.1, 0.15) is 13.3 Å². The molecule has 1 nitrogen and oxygen atoms in total.